The fourth-order valence-electron chi connectivity index (χ4n) is 1.51. The van der Waals surface area contributed by atoms with E-state index in [2.05, 4.69) is 4.98 Å². The zero-order chi connectivity index (χ0) is 16.4. The van der Waals surface area contributed by atoms with E-state index in [1.807, 2.05) is 0 Å². The van der Waals surface area contributed by atoms with Crippen molar-refractivity contribution < 1.29 is 26.8 Å². The highest BCUT2D eigenvalue weighted by Gasteiger charge is 2.15. The molecule has 126 valence electrons. The van der Waals surface area contributed by atoms with E-state index in [1.54, 1.807) is 20.1 Å². The Bertz CT molecular complexity index is 546. The van der Waals surface area contributed by atoms with Crippen LogP contribution in [0.15, 0.2) is 12.3 Å². The summed E-state index contributed by atoms with van der Waals surface area (Å²) in [6, 6.07) is 1.67. The first kappa shape index (κ1) is 18.7. The number of ether oxygens (including phenoxy) is 3. The Kier molecular flexibility index (Phi) is 8.15. The topological polar surface area (TPSA) is 84.0 Å². The molecule has 0 aromatic carbocycles. The third kappa shape index (κ3) is 6.59. The molecule has 0 aliphatic heterocycles. The first-order valence-corrected chi connectivity index (χ1v) is 8.65. The second-order valence-electron chi connectivity index (χ2n) is 4.48. The van der Waals surface area contributed by atoms with Crippen LogP contribution in [0, 0.1) is 6.92 Å². The summed E-state index contributed by atoms with van der Waals surface area (Å²) in [5, 5.41) is 0. The molecule has 0 atom stereocenters. The van der Waals surface area contributed by atoms with Crippen LogP contribution in [0.3, 0.4) is 0 Å². The van der Waals surface area contributed by atoms with E-state index >= 15 is 0 Å². The van der Waals surface area contributed by atoms with Crippen molar-refractivity contribution in [1.82, 2.24) is 4.98 Å². The van der Waals surface area contributed by atoms with Crippen LogP contribution in [0.25, 0.3) is 0 Å². The van der Waals surface area contributed by atoms with E-state index in [-0.39, 0.29) is 11.6 Å². The summed E-state index contributed by atoms with van der Waals surface area (Å²) in [5.74, 6) is 0.488. The summed E-state index contributed by atoms with van der Waals surface area (Å²) in [6.07, 6.45) is 2.17. The largest absolute Gasteiger partial charge is 0.493 e. The first-order chi connectivity index (χ1) is 10.5. The highest BCUT2D eigenvalue weighted by atomic mass is 32.2. The van der Waals surface area contributed by atoms with Crippen LogP contribution in [-0.2, 0) is 19.6 Å². The zero-order valence-electron chi connectivity index (χ0n) is 13.2. The maximum Gasteiger partial charge on any atom is 0.310 e. The van der Waals surface area contributed by atoms with Gasteiger partial charge in [-0.05, 0) is 19.9 Å². The van der Waals surface area contributed by atoms with E-state index in [1.165, 1.54) is 13.1 Å². The van der Waals surface area contributed by atoms with Crippen LogP contribution >= 0.6 is 0 Å². The Morgan fingerprint density at radius 1 is 1.18 bits per heavy atom. The van der Waals surface area contributed by atoms with Crippen LogP contribution in [0.4, 0.5) is 0 Å². The maximum atomic E-state index is 11.5. The Morgan fingerprint density at radius 2 is 1.95 bits per heavy atom. The highest BCUT2D eigenvalue weighted by molar-refractivity contribution is 7.87. The van der Waals surface area contributed by atoms with Gasteiger partial charge in [0.15, 0.2) is 0 Å². The average molecular weight is 333 g/mol. The van der Waals surface area contributed by atoms with Crippen LogP contribution in [0.5, 0.6) is 11.6 Å². The number of aromatic nitrogens is 1. The molecule has 0 fully saturated rings. The van der Waals surface area contributed by atoms with Gasteiger partial charge in [0, 0.05) is 26.3 Å². The fourth-order valence-corrected chi connectivity index (χ4v) is 2.03. The van der Waals surface area contributed by atoms with Gasteiger partial charge in [0.25, 0.3) is 0 Å². The van der Waals surface area contributed by atoms with Crippen molar-refractivity contribution in [1.29, 1.82) is 0 Å². The molecule has 0 bridgehead atoms. The Morgan fingerprint density at radius 3 is 2.64 bits per heavy atom. The van der Waals surface area contributed by atoms with Gasteiger partial charge in [-0.1, -0.05) is 0 Å². The van der Waals surface area contributed by atoms with E-state index in [0.717, 1.165) is 6.42 Å². The molecule has 1 aromatic heterocycles. The van der Waals surface area contributed by atoms with E-state index in [4.69, 9.17) is 18.4 Å². The lowest BCUT2D eigenvalue weighted by atomic mass is 10.3. The van der Waals surface area contributed by atoms with Gasteiger partial charge in [0.2, 0.25) is 5.88 Å². The third-order valence-corrected chi connectivity index (χ3v) is 3.91. The van der Waals surface area contributed by atoms with Crippen LogP contribution in [-0.4, -0.2) is 52.7 Å². The van der Waals surface area contributed by atoms with E-state index in [0.29, 0.717) is 37.7 Å². The molecule has 0 N–H and O–H groups in total. The van der Waals surface area contributed by atoms with Gasteiger partial charge >= 0.3 is 10.1 Å². The van der Waals surface area contributed by atoms with Gasteiger partial charge in [-0.3, -0.25) is 0 Å². The molecule has 0 radical (unpaired) electrons. The number of pyridine rings is 1. The van der Waals surface area contributed by atoms with Gasteiger partial charge in [-0.2, -0.15) is 8.42 Å². The molecule has 1 rings (SSSR count). The third-order valence-electron chi connectivity index (χ3n) is 2.79. The van der Waals surface area contributed by atoms with E-state index in [9.17, 15) is 8.42 Å². The molecule has 0 unspecified atom stereocenters. The summed E-state index contributed by atoms with van der Waals surface area (Å²) in [6.45, 7) is 5.36. The van der Waals surface area contributed by atoms with Gasteiger partial charge in [0.1, 0.15) is 5.75 Å². The number of hydrogen-bond acceptors (Lipinski definition) is 7. The maximum absolute atomic E-state index is 11.5. The molecule has 1 aromatic rings. The Balaban J connectivity index is 2.48. The predicted molar refractivity (Wildman–Crippen MR) is 81.9 cm³/mol. The number of methoxy groups -OCH3 is 1. The molecule has 0 saturated heterocycles. The Labute approximate surface area is 131 Å². The fraction of sp³-hybridized carbons (Fsp3) is 0.643. The van der Waals surface area contributed by atoms with Crippen LogP contribution < -0.4 is 8.92 Å². The minimum Gasteiger partial charge on any atom is -0.493 e. The smallest absolute Gasteiger partial charge is 0.310 e. The van der Waals surface area contributed by atoms with Crippen molar-refractivity contribution in [3.63, 3.8) is 0 Å². The van der Waals surface area contributed by atoms with Gasteiger partial charge in [0.05, 0.1) is 31.1 Å². The number of rotatable bonds is 11. The summed E-state index contributed by atoms with van der Waals surface area (Å²) in [4.78, 5) is 3.93. The lowest BCUT2D eigenvalue weighted by Crippen LogP contribution is -2.13. The summed E-state index contributed by atoms with van der Waals surface area (Å²) in [5.41, 5.74) is 0.555. The molecule has 7 nitrogen and oxygen atoms in total. The number of nitrogens with zero attached hydrogens (tertiary/aromatic N) is 1. The van der Waals surface area contributed by atoms with Crippen molar-refractivity contribution in [2.24, 2.45) is 0 Å². The van der Waals surface area contributed by atoms with Crippen molar-refractivity contribution in [2.75, 3.05) is 39.3 Å². The molecule has 22 heavy (non-hydrogen) atoms. The van der Waals surface area contributed by atoms with Gasteiger partial charge < -0.3 is 18.4 Å². The van der Waals surface area contributed by atoms with Crippen LogP contribution in [0.2, 0.25) is 0 Å². The second kappa shape index (κ2) is 9.60. The molecule has 8 heteroatoms. The number of hydrogen-bond donors (Lipinski definition) is 0. The lowest BCUT2D eigenvalue weighted by molar-refractivity contribution is 0.0644. The van der Waals surface area contributed by atoms with Gasteiger partial charge in [-0.25, -0.2) is 4.98 Å². The van der Waals surface area contributed by atoms with Gasteiger partial charge in [-0.15, -0.1) is 0 Å². The first-order valence-electron chi connectivity index (χ1n) is 7.07. The highest BCUT2D eigenvalue weighted by Crippen LogP contribution is 2.26. The second-order valence-corrected chi connectivity index (χ2v) is 6.34. The van der Waals surface area contributed by atoms with Crippen molar-refractivity contribution in [3.8, 4) is 11.6 Å². The van der Waals surface area contributed by atoms with Crippen molar-refractivity contribution >= 4 is 10.1 Å². The Hall–Kier alpha value is -1.38. The van der Waals surface area contributed by atoms with E-state index < -0.39 is 10.1 Å². The standard InChI is InChI=1S/C14H23NO6S/c1-4-22(16,17)21-14-12(2)13(6-7-15-14)20-9-5-8-19-11-10-18-3/h6-7H,4-5,8-11H2,1-3H3. The summed E-state index contributed by atoms with van der Waals surface area (Å²) >= 11 is 0. The minimum absolute atomic E-state index is 0.0516. The van der Waals surface area contributed by atoms with Crippen molar-refractivity contribution in [3.05, 3.63) is 17.8 Å². The molecular weight excluding hydrogens is 310 g/mol. The lowest BCUT2D eigenvalue weighted by Gasteiger charge is -2.12. The minimum atomic E-state index is -3.60. The molecular formula is C14H23NO6S. The molecule has 0 aliphatic carbocycles. The van der Waals surface area contributed by atoms with Crippen LogP contribution in [0.1, 0.15) is 18.9 Å². The molecule has 0 spiro atoms. The molecule has 1 heterocycles. The quantitative estimate of drug-likeness (QED) is 0.449. The molecule has 0 aliphatic rings. The summed E-state index contributed by atoms with van der Waals surface area (Å²) in [7, 11) is -1.98. The molecule has 0 saturated carbocycles. The average Bonchev–Trinajstić information content (AvgIpc) is 2.49. The predicted octanol–water partition coefficient (Wildman–Crippen LogP) is 1.55. The SMILES string of the molecule is CCS(=O)(=O)Oc1nccc(OCCCOCCOC)c1C. The van der Waals surface area contributed by atoms with Crippen molar-refractivity contribution in [2.45, 2.75) is 20.3 Å². The normalized spacial score (nSPS) is 11.4. The molecule has 0 amide bonds. The summed E-state index contributed by atoms with van der Waals surface area (Å²) < 4.78 is 43.7. The zero-order valence-corrected chi connectivity index (χ0v) is 14.0. The monoisotopic (exact) mass is 333 g/mol.